The van der Waals surface area contributed by atoms with Gasteiger partial charge < -0.3 is 18.3 Å². The molecular weight excluding hydrogens is 849 g/mol. The number of hydrogen-bond acceptors (Lipinski definition) is 0. The van der Waals surface area contributed by atoms with E-state index in [1.54, 1.807) is 0 Å². The molecular formula is C66H46N4. The van der Waals surface area contributed by atoms with Gasteiger partial charge in [0.25, 0.3) is 0 Å². The molecule has 14 aromatic rings. The number of para-hydroxylation sites is 4. The second-order valence-electron chi connectivity index (χ2n) is 18.6. The zero-order valence-corrected chi connectivity index (χ0v) is 38.9. The molecule has 0 amide bonds. The third-order valence-corrected chi connectivity index (χ3v) is 14.8. The van der Waals surface area contributed by atoms with Crippen LogP contribution in [0, 0.1) is 13.8 Å². The van der Waals surface area contributed by atoms with Gasteiger partial charge in [-0.05, 0) is 133 Å². The number of fused-ring (bicyclic) bond motifs is 8. The fourth-order valence-electron chi connectivity index (χ4n) is 11.7. The van der Waals surface area contributed by atoms with Crippen molar-refractivity contribution in [1.82, 2.24) is 18.3 Å². The lowest BCUT2D eigenvalue weighted by molar-refractivity contribution is 1.05. The zero-order valence-electron chi connectivity index (χ0n) is 38.9. The molecule has 0 fully saturated rings. The van der Waals surface area contributed by atoms with Crippen LogP contribution < -0.4 is 0 Å². The van der Waals surface area contributed by atoms with Crippen molar-refractivity contribution in [2.24, 2.45) is 0 Å². The van der Waals surface area contributed by atoms with Crippen molar-refractivity contribution in [3.8, 4) is 56.1 Å². The summed E-state index contributed by atoms with van der Waals surface area (Å²) in [6.07, 6.45) is 0. The first-order valence-corrected chi connectivity index (χ1v) is 24.2. The van der Waals surface area contributed by atoms with Crippen LogP contribution >= 0.6 is 0 Å². The highest BCUT2D eigenvalue weighted by atomic mass is 15.0. The second kappa shape index (κ2) is 15.7. The van der Waals surface area contributed by atoms with Gasteiger partial charge >= 0.3 is 0 Å². The number of rotatable bonds is 7. The molecule has 330 valence electrons. The molecule has 4 heteroatoms. The lowest BCUT2D eigenvalue weighted by atomic mass is 9.96. The van der Waals surface area contributed by atoms with Crippen LogP contribution in [-0.2, 0) is 0 Å². The lowest BCUT2D eigenvalue weighted by Gasteiger charge is -2.13. The Hall–Kier alpha value is -9.12. The van der Waals surface area contributed by atoms with Crippen molar-refractivity contribution >= 4 is 65.4 Å². The molecule has 10 aromatic carbocycles. The molecule has 0 radical (unpaired) electrons. The van der Waals surface area contributed by atoms with Crippen molar-refractivity contribution < 1.29 is 0 Å². The molecule has 0 N–H and O–H groups in total. The molecule has 0 aliphatic heterocycles. The largest absolute Gasteiger partial charge is 0.313 e. The molecule has 70 heavy (non-hydrogen) atoms. The first-order valence-electron chi connectivity index (χ1n) is 24.2. The Kier molecular flexibility index (Phi) is 8.99. The third-order valence-electron chi connectivity index (χ3n) is 14.8. The van der Waals surface area contributed by atoms with E-state index >= 15 is 0 Å². The molecule has 4 nitrogen and oxygen atoms in total. The Balaban J connectivity index is 0.894. The van der Waals surface area contributed by atoms with Crippen LogP contribution in [0.25, 0.3) is 122 Å². The van der Waals surface area contributed by atoms with Gasteiger partial charge in [-0.25, -0.2) is 0 Å². The van der Waals surface area contributed by atoms with Crippen molar-refractivity contribution in [2.75, 3.05) is 0 Å². The summed E-state index contributed by atoms with van der Waals surface area (Å²) in [4.78, 5) is 0. The first kappa shape index (κ1) is 40.0. The molecule has 0 aliphatic carbocycles. The Bertz CT molecular complexity index is 3940. The molecule has 4 aromatic heterocycles. The summed E-state index contributed by atoms with van der Waals surface area (Å²) in [5, 5.41) is 7.52. The minimum absolute atomic E-state index is 1.13. The molecule has 14 rings (SSSR count). The average Bonchev–Trinajstić information content (AvgIpc) is 4.12. The summed E-state index contributed by atoms with van der Waals surface area (Å²) in [6.45, 7) is 4.53. The van der Waals surface area contributed by atoms with Crippen molar-refractivity contribution in [2.45, 2.75) is 13.8 Å². The molecule has 0 atom stereocenters. The van der Waals surface area contributed by atoms with Gasteiger partial charge in [-0.2, -0.15) is 0 Å². The van der Waals surface area contributed by atoms with Crippen LogP contribution in [0.15, 0.2) is 243 Å². The van der Waals surface area contributed by atoms with Gasteiger partial charge in [-0.1, -0.05) is 146 Å². The van der Waals surface area contributed by atoms with E-state index in [4.69, 9.17) is 0 Å². The van der Waals surface area contributed by atoms with Crippen LogP contribution in [0.5, 0.6) is 0 Å². The molecule has 0 spiro atoms. The summed E-state index contributed by atoms with van der Waals surface area (Å²) >= 11 is 0. The summed E-state index contributed by atoms with van der Waals surface area (Å²) in [5.74, 6) is 0. The van der Waals surface area contributed by atoms with E-state index in [9.17, 15) is 0 Å². The van der Waals surface area contributed by atoms with Gasteiger partial charge in [0.05, 0.1) is 33.1 Å². The van der Waals surface area contributed by atoms with Crippen molar-refractivity contribution in [3.05, 3.63) is 254 Å². The maximum absolute atomic E-state index is 2.43. The molecule has 4 heterocycles. The Morgan fingerprint density at radius 3 is 0.814 bits per heavy atom. The Morgan fingerprint density at radius 2 is 0.486 bits per heavy atom. The van der Waals surface area contributed by atoms with Crippen LogP contribution in [-0.4, -0.2) is 18.3 Å². The summed E-state index contributed by atoms with van der Waals surface area (Å²) in [5.41, 5.74) is 21.5. The first-order chi connectivity index (χ1) is 34.6. The predicted octanol–water partition coefficient (Wildman–Crippen LogP) is 17.4. The average molecular weight is 895 g/mol. The van der Waals surface area contributed by atoms with Crippen LogP contribution in [0.3, 0.4) is 0 Å². The van der Waals surface area contributed by atoms with E-state index in [2.05, 4.69) is 275 Å². The minimum atomic E-state index is 1.13. The Labute approximate surface area is 405 Å². The number of nitrogens with zero attached hydrogens (tertiary/aromatic N) is 4. The molecule has 0 saturated carbocycles. The Morgan fingerprint density at radius 1 is 0.214 bits per heavy atom. The molecule has 0 saturated heterocycles. The van der Waals surface area contributed by atoms with E-state index in [1.807, 2.05) is 0 Å². The summed E-state index contributed by atoms with van der Waals surface area (Å²) in [6, 6.07) is 88.8. The number of hydrogen-bond donors (Lipinski definition) is 0. The lowest BCUT2D eigenvalue weighted by Crippen LogP contribution is -1.99. The molecule has 0 bridgehead atoms. The quantitative estimate of drug-likeness (QED) is 0.152. The molecule has 0 aliphatic rings. The third kappa shape index (κ3) is 6.03. The van der Waals surface area contributed by atoms with E-state index in [0.29, 0.717) is 0 Å². The highest BCUT2D eigenvalue weighted by Crippen LogP contribution is 2.43. The number of benzene rings is 10. The van der Waals surface area contributed by atoms with Gasteiger partial charge in [0, 0.05) is 77.6 Å². The second-order valence-corrected chi connectivity index (χ2v) is 18.6. The van der Waals surface area contributed by atoms with E-state index in [1.165, 1.54) is 110 Å². The fourth-order valence-corrected chi connectivity index (χ4v) is 11.7. The fraction of sp³-hybridized carbons (Fsp3) is 0.0303. The summed E-state index contributed by atoms with van der Waals surface area (Å²) < 4.78 is 9.64. The summed E-state index contributed by atoms with van der Waals surface area (Å²) in [7, 11) is 0. The van der Waals surface area contributed by atoms with Crippen LogP contribution in [0.4, 0.5) is 0 Å². The smallest absolute Gasteiger partial charge is 0.0541 e. The van der Waals surface area contributed by atoms with E-state index in [0.717, 1.165) is 22.7 Å². The topological polar surface area (TPSA) is 19.7 Å². The predicted molar refractivity (Wildman–Crippen MR) is 295 cm³/mol. The highest BCUT2D eigenvalue weighted by molar-refractivity contribution is 6.11. The van der Waals surface area contributed by atoms with Gasteiger partial charge in [-0.3, -0.25) is 0 Å². The standard InChI is InChI=1S/C66H46N4/c1-43-65(45-17-5-3-6-18-45)57-41-47(29-39-63(57)67(43)49-31-35-51(36-32-49)69-59-25-13-9-21-53(59)54-22-10-14-26-60(54)69)48-30-40-64-58(42-48)66(46-19-7-4-8-20-46)44(2)68(64)50-33-37-52(38-34-50)70-61-27-15-11-23-55(61)56-24-12-16-28-62(56)70/h3-42H,1-2H3. The maximum atomic E-state index is 2.43. The van der Waals surface area contributed by atoms with E-state index < -0.39 is 0 Å². The van der Waals surface area contributed by atoms with E-state index in [-0.39, 0.29) is 0 Å². The van der Waals surface area contributed by atoms with Crippen LogP contribution in [0.2, 0.25) is 0 Å². The van der Waals surface area contributed by atoms with Crippen molar-refractivity contribution in [3.63, 3.8) is 0 Å². The van der Waals surface area contributed by atoms with Gasteiger partial charge in [0.1, 0.15) is 0 Å². The molecule has 0 unspecified atom stereocenters. The van der Waals surface area contributed by atoms with Gasteiger partial charge in [0.2, 0.25) is 0 Å². The normalized spacial score (nSPS) is 11.9. The monoisotopic (exact) mass is 894 g/mol. The SMILES string of the molecule is Cc1c(-c2ccccc2)c2cc(-c3ccc4c(c3)c(-c3ccccc3)c(C)n4-c3ccc(-n4c5ccccc5c5ccccc54)cc3)ccc2n1-c1ccc(-n2c3ccccc3c3ccccc32)cc1. The van der Waals surface area contributed by atoms with Gasteiger partial charge in [-0.15, -0.1) is 0 Å². The maximum Gasteiger partial charge on any atom is 0.0541 e. The van der Waals surface area contributed by atoms with Gasteiger partial charge in [0.15, 0.2) is 0 Å². The minimum Gasteiger partial charge on any atom is -0.313 e. The zero-order chi connectivity index (χ0) is 46.5. The highest BCUT2D eigenvalue weighted by Gasteiger charge is 2.22. The number of aromatic nitrogens is 4. The van der Waals surface area contributed by atoms with Crippen LogP contribution in [0.1, 0.15) is 11.4 Å². The van der Waals surface area contributed by atoms with Crippen molar-refractivity contribution in [1.29, 1.82) is 0 Å².